The summed E-state index contributed by atoms with van der Waals surface area (Å²) in [6.07, 6.45) is 3.24. The van der Waals surface area contributed by atoms with Gasteiger partial charge in [-0.15, -0.1) is 0 Å². The van der Waals surface area contributed by atoms with E-state index in [-0.39, 0.29) is 11.1 Å². The lowest BCUT2D eigenvalue weighted by Gasteiger charge is -2.23. The van der Waals surface area contributed by atoms with Gasteiger partial charge in [0.2, 0.25) is 0 Å². The number of hydrogen-bond acceptors (Lipinski definition) is 9. The van der Waals surface area contributed by atoms with E-state index in [1.165, 1.54) is 29.2 Å². The first-order valence-corrected chi connectivity index (χ1v) is 17.0. The molecule has 12 heteroatoms. The van der Waals surface area contributed by atoms with Crippen molar-refractivity contribution in [2.75, 3.05) is 26.9 Å². The number of thiazole rings is 1. The molecule has 0 fully saturated rings. The minimum atomic E-state index is -0.791. The lowest BCUT2D eigenvalue weighted by molar-refractivity contribution is -0.136. The standard InChI is InChI=1S/C34H32Br2N2O7S/c1-5-42-26-13-10-22(17-27(26)43-6-2)30-24(33(40)41-4)18-37-34-38(30)32(39)29(46-34)16-21-14-25(36)31(28(15-21)44-7-3)45-19-20-8-11-23(35)12-9-20/h8-18,30H,5-7,19H2,1-4H3/b29-16-/t30-/m0/s1. The predicted molar refractivity (Wildman–Crippen MR) is 184 cm³/mol. The van der Waals surface area contributed by atoms with Crippen LogP contribution in [0.4, 0.5) is 0 Å². The summed E-state index contributed by atoms with van der Waals surface area (Å²) < 4.78 is 32.4. The number of ether oxygens (including phenoxy) is 5. The third kappa shape index (κ3) is 7.24. The van der Waals surface area contributed by atoms with Gasteiger partial charge in [-0.05, 0) is 95.9 Å². The molecular weight excluding hydrogens is 740 g/mol. The van der Waals surface area contributed by atoms with Crippen molar-refractivity contribution in [2.45, 2.75) is 33.4 Å². The summed E-state index contributed by atoms with van der Waals surface area (Å²) in [6, 6.07) is 16.2. The highest BCUT2D eigenvalue weighted by molar-refractivity contribution is 9.10. The van der Waals surface area contributed by atoms with Gasteiger partial charge in [0.1, 0.15) is 6.61 Å². The number of fused-ring (bicyclic) bond motifs is 1. The molecule has 1 aliphatic heterocycles. The highest BCUT2D eigenvalue weighted by Gasteiger charge is 2.31. The summed E-state index contributed by atoms with van der Waals surface area (Å²) in [5.41, 5.74) is 2.30. The fourth-order valence-corrected chi connectivity index (χ4v) is 6.76. The summed E-state index contributed by atoms with van der Waals surface area (Å²) in [6.45, 7) is 7.31. The van der Waals surface area contributed by atoms with Gasteiger partial charge in [0.15, 0.2) is 27.8 Å². The number of methoxy groups -OCH3 is 1. The lowest BCUT2D eigenvalue weighted by atomic mass is 9.97. The minimum absolute atomic E-state index is 0.224. The Labute approximate surface area is 287 Å². The van der Waals surface area contributed by atoms with E-state index in [1.807, 2.05) is 63.2 Å². The number of aromatic nitrogens is 1. The largest absolute Gasteiger partial charge is 0.490 e. The van der Waals surface area contributed by atoms with Crippen molar-refractivity contribution in [2.24, 2.45) is 4.99 Å². The molecule has 1 aliphatic rings. The van der Waals surface area contributed by atoms with Gasteiger partial charge >= 0.3 is 5.97 Å². The zero-order valence-corrected chi connectivity index (χ0v) is 29.7. The molecular formula is C34H32Br2N2O7S. The van der Waals surface area contributed by atoms with Crippen molar-refractivity contribution in [3.8, 4) is 23.0 Å². The summed E-state index contributed by atoms with van der Waals surface area (Å²) in [5.74, 6) is 1.60. The van der Waals surface area contributed by atoms with Crippen molar-refractivity contribution in [1.29, 1.82) is 0 Å². The summed E-state index contributed by atoms with van der Waals surface area (Å²) in [7, 11) is 1.30. The van der Waals surface area contributed by atoms with Gasteiger partial charge in [0.25, 0.3) is 5.56 Å². The van der Waals surface area contributed by atoms with Gasteiger partial charge in [0.05, 0.1) is 47.6 Å². The number of carbonyl (C=O) groups is 1. The van der Waals surface area contributed by atoms with Crippen LogP contribution in [0.25, 0.3) is 6.08 Å². The number of rotatable bonds is 12. The van der Waals surface area contributed by atoms with Crippen LogP contribution in [0.2, 0.25) is 0 Å². The van der Waals surface area contributed by atoms with Crippen LogP contribution >= 0.6 is 43.2 Å². The zero-order valence-electron chi connectivity index (χ0n) is 25.7. The van der Waals surface area contributed by atoms with Crippen LogP contribution in [-0.4, -0.2) is 37.5 Å². The highest BCUT2D eigenvalue weighted by atomic mass is 79.9. The average molecular weight is 773 g/mol. The molecule has 4 aromatic rings. The molecule has 5 rings (SSSR count). The van der Waals surface area contributed by atoms with Crippen LogP contribution in [0.1, 0.15) is 43.5 Å². The Hall–Kier alpha value is -3.87. The first kappa shape index (κ1) is 33.5. The topological polar surface area (TPSA) is 97.6 Å². The molecule has 0 saturated carbocycles. The Kier molecular flexibility index (Phi) is 11.0. The van der Waals surface area contributed by atoms with Gasteiger partial charge in [-0.25, -0.2) is 9.79 Å². The third-order valence-corrected chi connectivity index (χ3v) is 9.05. The third-order valence-electron chi connectivity index (χ3n) is 6.93. The van der Waals surface area contributed by atoms with Gasteiger partial charge < -0.3 is 23.7 Å². The van der Waals surface area contributed by atoms with Crippen molar-refractivity contribution >= 4 is 55.2 Å². The monoisotopic (exact) mass is 770 g/mol. The zero-order chi connectivity index (χ0) is 32.8. The lowest BCUT2D eigenvalue weighted by Crippen LogP contribution is -2.39. The number of nitrogens with zero attached hydrogens (tertiary/aromatic N) is 2. The maximum Gasteiger partial charge on any atom is 0.337 e. The van der Waals surface area contributed by atoms with Gasteiger partial charge in [0, 0.05) is 10.7 Å². The molecule has 1 atom stereocenters. The Bertz CT molecular complexity index is 1950. The average Bonchev–Trinajstić information content (AvgIpc) is 3.36. The van der Waals surface area contributed by atoms with E-state index in [4.69, 9.17) is 23.7 Å². The molecule has 9 nitrogen and oxygen atoms in total. The van der Waals surface area contributed by atoms with Crippen molar-refractivity contribution in [3.63, 3.8) is 0 Å². The fourth-order valence-electron chi connectivity index (χ4n) is 4.95. The van der Waals surface area contributed by atoms with E-state index in [1.54, 1.807) is 18.2 Å². The van der Waals surface area contributed by atoms with Crippen molar-refractivity contribution < 1.29 is 28.5 Å². The quantitative estimate of drug-likeness (QED) is 0.156. The molecule has 1 aromatic heterocycles. The van der Waals surface area contributed by atoms with Gasteiger partial charge in [-0.3, -0.25) is 9.36 Å². The normalized spacial score (nSPS) is 14.2. The summed E-state index contributed by atoms with van der Waals surface area (Å²) in [4.78, 5) is 31.9. The summed E-state index contributed by atoms with van der Waals surface area (Å²) >= 11 is 8.32. The fraction of sp³-hybridized carbons (Fsp3) is 0.265. The van der Waals surface area contributed by atoms with E-state index in [0.29, 0.717) is 68.8 Å². The van der Waals surface area contributed by atoms with Crippen LogP contribution in [0.15, 0.2) is 85.1 Å². The van der Waals surface area contributed by atoms with Crippen LogP contribution in [0.5, 0.6) is 23.0 Å². The molecule has 0 bridgehead atoms. The molecule has 3 aromatic carbocycles. The Morgan fingerprint density at radius 3 is 2.30 bits per heavy atom. The molecule has 46 heavy (non-hydrogen) atoms. The molecule has 0 aliphatic carbocycles. The minimum Gasteiger partial charge on any atom is -0.490 e. The smallest absolute Gasteiger partial charge is 0.337 e. The maximum atomic E-state index is 14.1. The molecule has 2 heterocycles. The van der Waals surface area contributed by atoms with Crippen LogP contribution in [0.3, 0.4) is 0 Å². The van der Waals surface area contributed by atoms with E-state index >= 15 is 0 Å². The number of esters is 1. The molecule has 240 valence electrons. The molecule has 0 unspecified atom stereocenters. The van der Waals surface area contributed by atoms with Crippen molar-refractivity contribution in [3.05, 3.63) is 112 Å². The van der Waals surface area contributed by atoms with Gasteiger partial charge in [-0.2, -0.15) is 0 Å². The van der Waals surface area contributed by atoms with Crippen LogP contribution < -0.4 is 33.8 Å². The van der Waals surface area contributed by atoms with Crippen molar-refractivity contribution in [1.82, 2.24) is 4.57 Å². The second-order valence-corrected chi connectivity index (χ2v) is 12.7. The second kappa shape index (κ2) is 15.1. The number of benzene rings is 3. The van der Waals surface area contributed by atoms with Crippen LogP contribution in [0, 0.1) is 0 Å². The highest BCUT2D eigenvalue weighted by Crippen LogP contribution is 2.38. The second-order valence-electron chi connectivity index (χ2n) is 9.93. The van der Waals surface area contributed by atoms with E-state index in [9.17, 15) is 9.59 Å². The predicted octanol–water partition coefficient (Wildman–Crippen LogP) is 6.32. The first-order chi connectivity index (χ1) is 22.3. The molecule has 0 N–H and O–H groups in total. The molecule has 0 spiro atoms. The first-order valence-electron chi connectivity index (χ1n) is 14.6. The molecule has 0 saturated heterocycles. The van der Waals surface area contributed by atoms with E-state index in [0.717, 1.165) is 15.6 Å². The number of halogens is 2. The Balaban J connectivity index is 1.57. The molecule has 0 amide bonds. The van der Waals surface area contributed by atoms with Crippen LogP contribution in [-0.2, 0) is 16.1 Å². The van der Waals surface area contributed by atoms with E-state index < -0.39 is 12.0 Å². The van der Waals surface area contributed by atoms with Gasteiger partial charge in [-0.1, -0.05) is 45.5 Å². The summed E-state index contributed by atoms with van der Waals surface area (Å²) in [5, 5.41) is 0. The molecule has 0 radical (unpaired) electrons. The maximum absolute atomic E-state index is 14.1. The Morgan fingerprint density at radius 1 is 0.913 bits per heavy atom. The Morgan fingerprint density at radius 2 is 1.61 bits per heavy atom. The van der Waals surface area contributed by atoms with E-state index in [2.05, 4.69) is 36.9 Å². The SMILES string of the molecule is CCOc1ccc([C@H]2C(C(=O)OC)=CN=c3s/c(=C\c4cc(Br)c(OCc5ccc(Br)cc5)c(OCC)c4)c(=O)n32)cc1OCC. The number of hydrogen-bond donors (Lipinski definition) is 0. The number of carbonyl (C=O) groups excluding carboxylic acids is 1.